The van der Waals surface area contributed by atoms with Gasteiger partial charge in [0.1, 0.15) is 0 Å². The highest BCUT2D eigenvalue weighted by atomic mass is 16.2. The van der Waals surface area contributed by atoms with Crippen LogP contribution < -0.4 is 4.90 Å². The maximum Gasteiger partial charge on any atom is 0.300 e. The zero-order valence-electron chi connectivity index (χ0n) is 10.5. The van der Waals surface area contributed by atoms with Gasteiger partial charge in [0, 0.05) is 0 Å². The van der Waals surface area contributed by atoms with Gasteiger partial charge in [-0.1, -0.05) is 11.6 Å². The number of benzene rings is 1. The first-order valence-corrected chi connectivity index (χ1v) is 6.36. The maximum atomic E-state index is 12.0. The van der Waals surface area contributed by atoms with Crippen molar-refractivity contribution in [1.29, 1.82) is 0 Å². The van der Waals surface area contributed by atoms with E-state index in [4.69, 9.17) is 0 Å². The summed E-state index contributed by atoms with van der Waals surface area (Å²) in [5.41, 5.74) is 2.33. The van der Waals surface area contributed by atoms with Crippen LogP contribution in [0.3, 0.4) is 0 Å². The first kappa shape index (κ1) is 11.4. The number of nitrogens with zero attached hydrogens (tertiary/aromatic N) is 2. The molecular weight excluding hydrogens is 228 g/mol. The number of hydrogen-bond acceptors (Lipinski definition) is 3. The number of carbonyl (C=O) groups is 2. The predicted octanol–water partition coefficient (Wildman–Crippen LogP) is 1.58. The minimum absolute atomic E-state index is 0.368. The summed E-state index contributed by atoms with van der Waals surface area (Å²) >= 11 is 0. The molecule has 2 heterocycles. The average Bonchev–Trinajstić information content (AvgIpc) is 2.94. The topological polar surface area (TPSA) is 40.6 Å². The van der Waals surface area contributed by atoms with E-state index < -0.39 is 0 Å². The van der Waals surface area contributed by atoms with Gasteiger partial charge in [0.2, 0.25) is 0 Å². The lowest BCUT2D eigenvalue weighted by atomic mass is 10.1. The van der Waals surface area contributed by atoms with Gasteiger partial charge in [-0.05, 0) is 45.0 Å². The Balaban J connectivity index is 1.91. The lowest BCUT2D eigenvalue weighted by molar-refractivity contribution is -0.114. The van der Waals surface area contributed by atoms with Crippen molar-refractivity contribution in [1.82, 2.24) is 4.90 Å². The molecular formula is C14H16N2O2. The number of fused-ring (bicyclic) bond motifs is 1. The highest BCUT2D eigenvalue weighted by Crippen LogP contribution is 2.30. The van der Waals surface area contributed by atoms with Crippen molar-refractivity contribution >= 4 is 17.4 Å². The molecule has 1 aromatic carbocycles. The minimum Gasteiger partial charge on any atom is -0.291 e. The van der Waals surface area contributed by atoms with E-state index in [1.54, 1.807) is 11.0 Å². The van der Waals surface area contributed by atoms with E-state index in [-0.39, 0.29) is 11.7 Å². The van der Waals surface area contributed by atoms with Crippen molar-refractivity contribution in [2.24, 2.45) is 0 Å². The second-order valence-corrected chi connectivity index (χ2v) is 5.05. The standard InChI is InChI=1S/C14H16N2O2/c1-10-4-5-12-11(8-10)13(17)14(18)16(12)9-15-6-2-3-7-15/h4-5,8H,2-3,6-7,9H2,1H3. The van der Waals surface area contributed by atoms with Crippen molar-refractivity contribution < 1.29 is 9.59 Å². The first-order chi connectivity index (χ1) is 8.66. The number of aryl methyl sites for hydroxylation is 1. The van der Waals surface area contributed by atoms with Crippen molar-refractivity contribution in [2.75, 3.05) is 24.7 Å². The van der Waals surface area contributed by atoms with Gasteiger partial charge in [-0.2, -0.15) is 0 Å². The Morgan fingerprint density at radius 2 is 1.89 bits per heavy atom. The number of anilines is 1. The zero-order valence-corrected chi connectivity index (χ0v) is 10.5. The van der Waals surface area contributed by atoms with E-state index in [2.05, 4.69) is 4.90 Å². The predicted molar refractivity (Wildman–Crippen MR) is 68.7 cm³/mol. The number of carbonyl (C=O) groups excluding carboxylic acids is 2. The number of ketones is 1. The fraction of sp³-hybridized carbons (Fsp3) is 0.429. The third-order valence-corrected chi connectivity index (χ3v) is 3.67. The average molecular weight is 244 g/mol. The third kappa shape index (κ3) is 1.73. The lowest BCUT2D eigenvalue weighted by Gasteiger charge is -2.23. The highest BCUT2D eigenvalue weighted by molar-refractivity contribution is 6.52. The van der Waals surface area contributed by atoms with E-state index in [9.17, 15) is 9.59 Å². The second-order valence-electron chi connectivity index (χ2n) is 5.05. The van der Waals surface area contributed by atoms with Gasteiger partial charge in [-0.3, -0.25) is 19.4 Å². The van der Waals surface area contributed by atoms with E-state index in [1.807, 2.05) is 19.1 Å². The van der Waals surface area contributed by atoms with Crippen LogP contribution in [-0.2, 0) is 4.79 Å². The Morgan fingerprint density at radius 3 is 2.61 bits per heavy atom. The van der Waals surface area contributed by atoms with Crippen LogP contribution in [0.4, 0.5) is 5.69 Å². The Labute approximate surface area is 106 Å². The summed E-state index contributed by atoms with van der Waals surface area (Å²) < 4.78 is 0. The van der Waals surface area contributed by atoms with Crippen LogP contribution >= 0.6 is 0 Å². The van der Waals surface area contributed by atoms with Crippen LogP contribution in [0.1, 0.15) is 28.8 Å². The molecule has 0 unspecified atom stereocenters. The third-order valence-electron chi connectivity index (χ3n) is 3.67. The van der Waals surface area contributed by atoms with Crippen LogP contribution in [0.15, 0.2) is 18.2 Å². The van der Waals surface area contributed by atoms with E-state index in [0.717, 1.165) is 24.3 Å². The molecule has 4 nitrogen and oxygen atoms in total. The molecule has 2 aliphatic rings. The summed E-state index contributed by atoms with van der Waals surface area (Å²) in [7, 11) is 0. The zero-order chi connectivity index (χ0) is 12.7. The molecule has 2 aliphatic heterocycles. The lowest BCUT2D eigenvalue weighted by Crippen LogP contribution is -2.39. The minimum atomic E-state index is -0.387. The molecule has 18 heavy (non-hydrogen) atoms. The smallest absolute Gasteiger partial charge is 0.291 e. The molecule has 0 atom stereocenters. The van der Waals surface area contributed by atoms with Gasteiger partial charge >= 0.3 is 5.91 Å². The van der Waals surface area contributed by atoms with E-state index in [0.29, 0.717) is 12.2 Å². The van der Waals surface area contributed by atoms with Crippen LogP contribution in [0, 0.1) is 6.92 Å². The molecule has 4 heteroatoms. The molecule has 0 aromatic heterocycles. The summed E-state index contributed by atoms with van der Waals surface area (Å²) in [4.78, 5) is 27.8. The number of amides is 1. The quantitative estimate of drug-likeness (QED) is 0.742. The Kier molecular flexibility index (Phi) is 2.67. The number of rotatable bonds is 2. The summed E-state index contributed by atoms with van der Waals surface area (Å²) in [6.45, 7) is 4.50. The Hall–Kier alpha value is -1.68. The highest BCUT2D eigenvalue weighted by Gasteiger charge is 2.36. The summed E-state index contributed by atoms with van der Waals surface area (Å²) in [6, 6.07) is 5.63. The largest absolute Gasteiger partial charge is 0.300 e. The van der Waals surface area contributed by atoms with Gasteiger partial charge in [-0.25, -0.2) is 0 Å². The molecule has 0 radical (unpaired) electrons. The van der Waals surface area contributed by atoms with Crippen LogP contribution in [0.5, 0.6) is 0 Å². The Morgan fingerprint density at radius 1 is 1.17 bits per heavy atom. The molecule has 3 rings (SSSR count). The Bertz CT molecular complexity index is 519. The normalized spacial score (nSPS) is 19.7. The van der Waals surface area contributed by atoms with Crippen molar-refractivity contribution in [3.8, 4) is 0 Å². The fourth-order valence-corrected chi connectivity index (χ4v) is 2.68. The maximum absolute atomic E-state index is 12.0. The number of Topliss-reactive ketones (excluding diaryl/α,β-unsaturated/α-hetero) is 1. The van der Waals surface area contributed by atoms with Crippen molar-refractivity contribution in [2.45, 2.75) is 19.8 Å². The SMILES string of the molecule is Cc1ccc2c(c1)C(=O)C(=O)N2CN1CCCC1. The molecule has 1 amide bonds. The summed E-state index contributed by atoms with van der Waals surface area (Å²) in [6.07, 6.45) is 2.35. The van der Waals surface area contributed by atoms with Gasteiger partial charge in [-0.15, -0.1) is 0 Å². The second kappa shape index (κ2) is 4.21. The van der Waals surface area contributed by atoms with Gasteiger partial charge < -0.3 is 0 Å². The number of likely N-dealkylation sites (tertiary alicyclic amines) is 1. The van der Waals surface area contributed by atoms with E-state index in [1.165, 1.54) is 12.8 Å². The van der Waals surface area contributed by atoms with Gasteiger partial charge in [0.05, 0.1) is 17.9 Å². The monoisotopic (exact) mass is 244 g/mol. The first-order valence-electron chi connectivity index (χ1n) is 6.36. The molecule has 0 bridgehead atoms. The molecule has 1 saturated heterocycles. The molecule has 0 N–H and O–H groups in total. The molecule has 0 spiro atoms. The molecule has 1 fully saturated rings. The van der Waals surface area contributed by atoms with Gasteiger partial charge in [0.25, 0.3) is 5.78 Å². The summed E-state index contributed by atoms with van der Waals surface area (Å²) in [5, 5.41) is 0. The van der Waals surface area contributed by atoms with Crippen LogP contribution in [0.2, 0.25) is 0 Å². The summed E-state index contributed by atoms with van der Waals surface area (Å²) in [5.74, 6) is -0.754. The van der Waals surface area contributed by atoms with Crippen LogP contribution in [-0.4, -0.2) is 36.3 Å². The molecule has 0 aliphatic carbocycles. The molecule has 1 aromatic rings. The van der Waals surface area contributed by atoms with Crippen molar-refractivity contribution in [3.63, 3.8) is 0 Å². The van der Waals surface area contributed by atoms with Gasteiger partial charge in [0.15, 0.2) is 0 Å². The number of hydrogen-bond donors (Lipinski definition) is 0. The van der Waals surface area contributed by atoms with Crippen LogP contribution in [0.25, 0.3) is 0 Å². The fourth-order valence-electron chi connectivity index (χ4n) is 2.68. The molecule has 0 saturated carbocycles. The van der Waals surface area contributed by atoms with Crippen molar-refractivity contribution in [3.05, 3.63) is 29.3 Å². The van der Waals surface area contributed by atoms with E-state index >= 15 is 0 Å². The molecule has 94 valence electrons.